The summed E-state index contributed by atoms with van der Waals surface area (Å²) in [6.45, 7) is 4.82. The second-order valence-corrected chi connectivity index (χ2v) is 16.1. The molecule has 0 N–H and O–H groups in total. The van der Waals surface area contributed by atoms with Crippen LogP contribution in [0, 0.1) is 0 Å². The molecule has 0 saturated carbocycles. The van der Waals surface area contributed by atoms with Crippen LogP contribution in [0.1, 0.15) is 25.0 Å². The number of hydrogen-bond donors (Lipinski definition) is 0. The fraction of sp³-hybridized carbons (Fsp3) is 0.0545. The quantitative estimate of drug-likeness (QED) is 0.171. The van der Waals surface area contributed by atoms with Gasteiger partial charge in [-0.1, -0.05) is 135 Å². The lowest BCUT2D eigenvalue weighted by Crippen LogP contribution is -2.15. The standard InChI is InChI=1S/C55H38N2/c1-55(2)48-33-36(35-26-29-52-46(31-35)41-20-11-13-23-50(41)56(52)38-15-5-3-6-16-38)25-28-44(48)54-43-22-10-9-19-40(43)45(34-49(54)55)37-27-30-53-47(32-37)42-21-12-14-24-51(42)57(53)39-17-7-4-8-18-39/h3-34H,1-2H3. The molecule has 57 heavy (non-hydrogen) atoms. The van der Waals surface area contributed by atoms with Gasteiger partial charge in [0.25, 0.3) is 0 Å². The molecule has 2 heteroatoms. The summed E-state index contributed by atoms with van der Waals surface area (Å²) in [4.78, 5) is 0. The lowest BCUT2D eigenvalue weighted by molar-refractivity contribution is 0.661. The molecule has 1 aliphatic rings. The van der Waals surface area contributed by atoms with Crippen molar-refractivity contribution < 1.29 is 0 Å². The van der Waals surface area contributed by atoms with Crippen molar-refractivity contribution in [3.63, 3.8) is 0 Å². The number of para-hydroxylation sites is 4. The Morgan fingerprint density at radius 2 is 0.772 bits per heavy atom. The summed E-state index contributed by atoms with van der Waals surface area (Å²) in [7, 11) is 0. The number of aromatic nitrogens is 2. The third-order valence-electron chi connectivity index (χ3n) is 12.7. The lowest BCUT2D eigenvalue weighted by atomic mass is 9.80. The van der Waals surface area contributed by atoms with Crippen LogP contribution in [0.3, 0.4) is 0 Å². The molecule has 0 fully saturated rings. The molecule has 2 heterocycles. The molecule has 2 nitrogen and oxygen atoms in total. The number of fused-ring (bicyclic) bond motifs is 11. The molecule has 268 valence electrons. The van der Waals surface area contributed by atoms with Crippen LogP contribution < -0.4 is 0 Å². The molecule has 0 unspecified atom stereocenters. The first-order chi connectivity index (χ1) is 28.0. The molecule has 0 aliphatic heterocycles. The maximum atomic E-state index is 2.50. The Kier molecular flexibility index (Phi) is 6.72. The zero-order valence-corrected chi connectivity index (χ0v) is 31.9. The molecule has 2 aromatic heterocycles. The van der Waals surface area contributed by atoms with Gasteiger partial charge in [-0.2, -0.15) is 0 Å². The van der Waals surface area contributed by atoms with Gasteiger partial charge in [-0.3, -0.25) is 0 Å². The van der Waals surface area contributed by atoms with E-state index in [0.29, 0.717) is 0 Å². The molecule has 1 aliphatic carbocycles. The van der Waals surface area contributed by atoms with Gasteiger partial charge in [-0.05, 0) is 128 Å². The highest BCUT2D eigenvalue weighted by atomic mass is 15.0. The summed E-state index contributed by atoms with van der Waals surface area (Å²) >= 11 is 0. The van der Waals surface area contributed by atoms with E-state index in [9.17, 15) is 0 Å². The molecule has 0 amide bonds. The second kappa shape index (κ2) is 11.9. The first kappa shape index (κ1) is 32.1. The van der Waals surface area contributed by atoms with E-state index in [1.54, 1.807) is 0 Å². The molecule has 9 aromatic carbocycles. The Hall–Kier alpha value is -7.16. The van der Waals surface area contributed by atoms with Crippen molar-refractivity contribution >= 4 is 54.4 Å². The Bertz CT molecular complexity index is 3420. The zero-order valence-electron chi connectivity index (χ0n) is 31.9. The van der Waals surface area contributed by atoms with E-state index in [4.69, 9.17) is 0 Å². The zero-order chi connectivity index (χ0) is 37.8. The summed E-state index contributed by atoms with van der Waals surface area (Å²) in [6, 6.07) is 71.8. The fourth-order valence-electron chi connectivity index (χ4n) is 10.0. The molecular formula is C55H38N2. The second-order valence-electron chi connectivity index (χ2n) is 16.1. The van der Waals surface area contributed by atoms with E-state index in [1.165, 1.54) is 110 Å². The van der Waals surface area contributed by atoms with Gasteiger partial charge in [0, 0.05) is 38.3 Å². The molecule has 0 saturated heterocycles. The third kappa shape index (κ3) is 4.59. The van der Waals surface area contributed by atoms with Crippen molar-refractivity contribution in [1.29, 1.82) is 0 Å². The first-order valence-corrected chi connectivity index (χ1v) is 19.9. The van der Waals surface area contributed by atoms with Gasteiger partial charge in [0.1, 0.15) is 0 Å². The van der Waals surface area contributed by atoms with Crippen LogP contribution in [0.15, 0.2) is 194 Å². The normalized spacial score (nSPS) is 13.2. The highest BCUT2D eigenvalue weighted by Gasteiger charge is 2.37. The smallest absolute Gasteiger partial charge is 0.0541 e. The average Bonchev–Trinajstić information content (AvgIpc) is 3.86. The molecule has 0 bridgehead atoms. The van der Waals surface area contributed by atoms with Crippen LogP contribution >= 0.6 is 0 Å². The van der Waals surface area contributed by atoms with Gasteiger partial charge in [0.2, 0.25) is 0 Å². The van der Waals surface area contributed by atoms with Crippen LogP contribution in [0.25, 0.3) is 99.1 Å². The Morgan fingerprint density at radius 1 is 0.316 bits per heavy atom. The lowest BCUT2D eigenvalue weighted by Gasteiger charge is -2.23. The number of hydrogen-bond acceptors (Lipinski definition) is 0. The van der Waals surface area contributed by atoms with Crippen LogP contribution in [0.4, 0.5) is 0 Å². The maximum Gasteiger partial charge on any atom is 0.0541 e. The highest BCUT2D eigenvalue weighted by molar-refractivity contribution is 6.14. The van der Waals surface area contributed by atoms with Crippen LogP contribution in [0.2, 0.25) is 0 Å². The van der Waals surface area contributed by atoms with Crippen molar-refractivity contribution in [1.82, 2.24) is 9.13 Å². The predicted octanol–water partition coefficient (Wildman–Crippen LogP) is 14.7. The van der Waals surface area contributed by atoms with E-state index < -0.39 is 0 Å². The van der Waals surface area contributed by atoms with Gasteiger partial charge in [-0.15, -0.1) is 0 Å². The van der Waals surface area contributed by atoms with Crippen molar-refractivity contribution in [2.45, 2.75) is 19.3 Å². The topological polar surface area (TPSA) is 9.86 Å². The minimum absolute atomic E-state index is 0.194. The van der Waals surface area contributed by atoms with Crippen LogP contribution in [-0.4, -0.2) is 9.13 Å². The van der Waals surface area contributed by atoms with E-state index in [-0.39, 0.29) is 5.41 Å². The van der Waals surface area contributed by atoms with Crippen LogP contribution in [-0.2, 0) is 5.41 Å². The number of rotatable bonds is 4. The molecule has 12 rings (SSSR count). The summed E-state index contributed by atoms with van der Waals surface area (Å²) in [5, 5.41) is 7.68. The third-order valence-corrected chi connectivity index (χ3v) is 12.7. The molecule has 0 atom stereocenters. The minimum Gasteiger partial charge on any atom is -0.309 e. The van der Waals surface area contributed by atoms with E-state index in [1.807, 2.05) is 0 Å². The van der Waals surface area contributed by atoms with Gasteiger partial charge in [0.05, 0.1) is 22.1 Å². The van der Waals surface area contributed by atoms with Crippen molar-refractivity contribution in [2.75, 3.05) is 0 Å². The predicted molar refractivity (Wildman–Crippen MR) is 241 cm³/mol. The average molecular weight is 727 g/mol. The van der Waals surface area contributed by atoms with Crippen LogP contribution in [0.5, 0.6) is 0 Å². The first-order valence-electron chi connectivity index (χ1n) is 19.9. The monoisotopic (exact) mass is 726 g/mol. The van der Waals surface area contributed by atoms with Crippen molar-refractivity contribution in [2.24, 2.45) is 0 Å². The molecular weight excluding hydrogens is 689 g/mol. The van der Waals surface area contributed by atoms with Gasteiger partial charge >= 0.3 is 0 Å². The van der Waals surface area contributed by atoms with Crippen molar-refractivity contribution in [3.05, 3.63) is 205 Å². The fourth-order valence-corrected chi connectivity index (χ4v) is 10.0. The van der Waals surface area contributed by atoms with E-state index >= 15 is 0 Å². The summed E-state index contributed by atoms with van der Waals surface area (Å²) in [6.07, 6.45) is 0. The molecule has 11 aromatic rings. The van der Waals surface area contributed by atoms with Gasteiger partial charge in [0.15, 0.2) is 0 Å². The van der Waals surface area contributed by atoms with E-state index in [0.717, 1.165) is 0 Å². The SMILES string of the molecule is CC1(C)c2cc(-c3ccc4c(c3)c3ccccc3n4-c3ccccc3)ccc2-c2c1cc(-c1ccc3c(c1)c1ccccc1n3-c1ccccc1)c1ccccc21. The van der Waals surface area contributed by atoms with Gasteiger partial charge in [-0.25, -0.2) is 0 Å². The number of benzene rings is 9. The summed E-state index contributed by atoms with van der Waals surface area (Å²) < 4.78 is 4.78. The van der Waals surface area contributed by atoms with E-state index in [2.05, 4.69) is 217 Å². The number of nitrogens with zero attached hydrogens (tertiary/aromatic N) is 2. The Balaban J connectivity index is 1.01. The highest BCUT2D eigenvalue weighted by Crippen LogP contribution is 2.54. The largest absolute Gasteiger partial charge is 0.309 e. The Morgan fingerprint density at radius 3 is 1.39 bits per heavy atom. The Labute approximate surface area is 331 Å². The van der Waals surface area contributed by atoms with Crippen molar-refractivity contribution in [3.8, 4) is 44.8 Å². The summed E-state index contributed by atoms with van der Waals surface area (Å²) in [5.41, 5.74) is 17.5. The summed E-state index contributed by atoms with van der Waals surface area (Å²) in [5.74, 6) is 0. The van der Waals surface area contributed by atoms with Gasteiger partial charge < -0.3 is 9.13 Å². The maximum absolute atomic E-state index is 2.50. The minimum atomic E-state index is -0.194. The molecule has 0 radical (unpaired) electrons. The molecule has 0 spiro atoms.